The zero-order valence-electron chi connectivity index (χ0n) is 13.1. The van der Waals surface area contributed by atoms with Crippen LogP contribution in [0.5, 0.6) is 5.75 Å². The molecule has 3 rings (SSSR count). The van der Waals surface area contributed by atoms with Crippen LogP contribution in [-0.4, -0.2) is 12.5 Å². The third-order valence-corrected chi connectivity index (χ3v) is 3.76. The van der Waals surface area contributed by atoms with Gasteiger partial charge in [0, 0.05) is 25.2 Å². The third-order valence-electron chi connectivity index (χ3n) is 3.76. The first-order chi connectivity index (χ1) is 10.8. The Hall–Kier alpha value is -2.04. The average Bonchev–Trinajstić information content (AvgIpc) is 3.01. The van der Waals surface area contributed by atoms with Gasteiger partial charge in [0.2, 0.25) is 0 Å². The summed E-state index contributed by atoms with van der Waals surface area (Å²) in [5.41, 5.74) is 4.23. The highest BCUT2D eigenvalue weighted by Gasteiger charge is 2.13. The number of nitrogens with one attached hydrogen (secondary N) is 2. The van der Waals surface area contributed by atoms with Gasteiger partial charge in [-0.1, -0.05) is 18.2 Å². The monoisotopic (exact) mass is 332 g/mol. The van der Waals surface area contributed by atoms with Crippen molar-refractivity contribution >= 4 is 18.3 Å². The molecule has 2 aromatic carbocycles. The highest BCUT2D eigenvalue weighted by atomic mass is 35.5. The predicted molar refractivity (Wildman–Crippen MR) is 93.0 cm³/mol. The molecule has 0 fully saturated rings. The lowest BCUT2D eigenvalue weighted by atomic mass is 10.1. The Kier molecular flexibility index (Phi) is 6.02. The SMILES string of the molecule is CCOc1cccc(CNC(=O)c2ccc3c(c2)CNC3)c1.Cl. The lowest BCUT2D eigenvalue weighted by molar-refractivity contribution is 0.0950. The fourth-order valence-electron chi connectivity index (χ4n) is 2.63. The van der Waals surface area contributed by atoms with Crippen LogP contribution >= 0.6 is 12.4 Å². The molecule has 1 aliphatic heterocycles. The first-order valence-electron chi connectivity index (χ1n) is 7.58. The zero-order chi connectivity index (χ0) is 15.4. The smallest absolute Gasteiger partial charge is 0.251 e. The van der Waals surface area contributed by atoms with Crippen molar-refractivity contribution < 1.29 is 9.53 Å². The summed E-state index contributed by atoms with van der Waals surface area (Å²) in [5.74, 6) is 0.786. The number of amides is 1. The van der Waals surface area contributed by atoms with E-state index in [-0.39, 0.29) is 18.3 Å². The van der Waals surface area contributed by atoms with Crippen molar-refractivity contribution in [2.24, 2.45) is 0 Å². The zero-order valence-corrected chi connectivity index (χ0v) is 13.9. The van der Waals surface area contributed by atoms with Gasteiger partial charge in [-0.05, 0) is 47.9 Å². The molecule has 0 saturated carbocycles. The minimum atomic E-state index is -0.0449. The molecule has 1 amide bonds. The standard InChI is InChI=1S/C18H20N2O2.ClH/c1-2-22-17-5-3-4-13(8-17)10-20-18(21)14-6-7-15-11-19-12-16(15)9-14;/h3-9,19H,2,10-12H2,1H3,(H,20,21);1H. The fourth-order valence-corrected chi connectivity index (χ4v) is 2.63. The summed E-state index contributed by atoms with van der Waals surface area (Å²) in [6, 6.07) is 13.7. The summed E-state index contributed by atoms with van der Waals surface area (Å²) in [5, 5.41) is 6.25. The molecule has 1 heterocycles. The van der Waals surface area contributed by atoms with E-state index in [1.807, 2.05) is 49.4 Å². The van der Waals surface area contributed by atoms with Gasteiger partial charge in [0.05, 0.1) is 6.61 Å². The van der Waals surface area contributed by atoms with Gasteiger partial charge < -0.3 is 15.4 Å². The summed E-state index contributed by atoms with van der Waals surface area (Å²) in [7, 11) is 0. The van der Waals surface area contributed by atoms with E-state index < -0.39 is 0 Å². The molecule has 2 N–H and O–H groups in total. The minimum absolute atomic E-state index is 0. The molecular formula is C18H21ClN2O2. The second-order valence-electron chi connectivity index (χ2n) is 5.35. The Bertz CT molecular complexity index is 688. The number of carbonyl (C=O) groups is 1. The Labute approximate surface area is 142 Å². The van der Waals surface area contributed by atoms with Gasteiger partial charge in [-0.3, -0.25) is 4.79 Å². The number of fused-ring (bicyclic) bond motifs is 1. The highest BCUT2D eigenvalue weighted by molar-refractivity contribution is 5.94. The van der Waals surface area contributed by atoms with Crippen molar-refractivity contribution in [3.63, 3.8) is 0 Å². The van der Waals surface area contributed by atoms with Crippen LogP contribution < -0.4 is 15.4 Å². The highest BCUT2D eigenvalue weighted by Crippen LogP contribution is 2.17. The molecule has 0 aliphatic carbocycles. The Morgan fingerprint density at radius 1 is 1.17 bits per heavy atom. The number of hydrogen-bond donors (Lipinski definition) is 2. The maximum absolute atomic E-state index is 12.3. The van der Waals surface area contributed by atoms with Crippen molar-refractivity contribution in [1.29, 1.82) is 0 Å². The minimum Gasteiger partial charge on any atom is -0.494 e. The summed E-state index contributed by atoms with van der Waals surface area (Å²) < 4.78 is 5.47. The Morgan fingerprint density at radius 2 is 2.00 bits per heavy atom. The van der Waals surface area contributed by atoms with Gasteiger partial charge >= 0.3 is 0 Å². The van der Waals surface area contributed by atoms with E-state index in [1.165, 1.54) is 11.1 Å². The lowest BCUT2D eigenvalue weighted by Gasteiger charge is -2.09. The molecule has 0 saturated heterocycles. The molecular weight excluding hydrogens is 312 g/mol. The molecule has 2 aromatic rings. The van der Waals surface area contributed by atoms with Gasteiger partial charge in [0.25, 0.3) is 5.91 Å². The van der Waals surface area contributed by atoms with Crippen LogP contribution in [0.15, 0.2) is 42.5 Å². The van der Waals surface area contributed by atoms with E-state index in [1.54, 1.807) is 0 Å². The van der Waals surface area contributed by atoms with Gasteiger partial charge in [-0.15, -0.1) is 12.4 Å². The second-order valence-corrected chi connectivity index (χ2v) is 5.35. The topological polar surface area (TPSA) is 50.4 Å². The van der Waals surface area contributed by atoms with Crippen molar-refractivity contribution in [2.75, 3.05) is 6.61 Å². The van der Waals surface area contributed by atoms with E-state index in [2.05, 4.69) is 10.6 Å². The maximum atomic E-state index is 12.3. The predicted octanol–water partition coefficient (Wildman–Crippen LogP) is 3.04. The van der Waals surface area contributed by atoms with Crippen LogP contribution in [-0.2, 0) is 19.6 Å². The lowest BCUT2D eigenvalue weighted by Crippen LogP contribution is -2.22. The molecule has 0 bridgehead atoms. The van der Waals surface area contributed by atoms with E-state index in [0.29, 0.717) is 18.7 Å². The largest absolute Gasteiger partial charge is 0.494 e. The quantitative estimate of drug-likeness (QED) is 0.884. The summed E-state index contributed by atoms with van der Waals surface area (Å²) in [4.78, 5) is 12.3. The van der Waals surface area contributed by atoms with Gasteiger partial charge in [0.15, 0.2) is 0 Å². The number of ether oxygens (including phenoxy) is 1. The molecule has 0 spiro atoms. The number of halogens is 1. The molecule has 5 heteroatoms. The summed E-state index contributed by atoms with van der Waals surface area (Å²) >= 11 is 0. The molecule has 0 atom stereocenters. The molecule has 0 unspecified atom stereocenters. The number of carbonyl (C=O) groups excluding carboxylic acids is 1. The van der Waals surface area contributed by atoms with Crippen molar-refractivity contribution in [1.82, 2.24) is 10.6 Å². The van der Waals surface area contributed by atoms with Gasteiger partial charge in [-0.2, -0.15) is 0 Å². The summed E-state index contributed by atoms with van der Waals surface area (Å²) in [6.45, 7) is 4.82. The van der Waals surface area contributed by atoms with Crippen molar-refractivity contribution in [3.05, 3.63) is 64.7 Å². The summed E-state index contributed by atoms with van der Waals surface area (Å²) in [6.07, 6.45) is 0. The first-order valence-corrected chi connectivity index (χ1v) is 7.58. The first kappa shape index (κ1) is 17.3. The van der Waals surface area contributed by atoms with Crippen LogP contribution in [0.4, 0.5) is 0 Å². The second kappa shape index (κ2) is 7.99. The van der Waals surface area contributed by atoms with Gasteiger partial charge in [0.1, 0.15) is 5.75 Å². The third kappa shape index (κ3) is 4.24. The number of benzene rings is 2. The molecule has 1 aliphatic rings. The molecule has 122 valence electrons. The Morgan fingerprint density at radius 3 is 2.83 bits per heavy atom. The fraction of sp³-hybridized carbons (Fsp3) is 0.278. The van der Waals surface area contributed by atoms with E-state index in [9.17, 15) is 4.79 Å². The molecule has 0 aromatic heterocycles. The van der Waals surface area contributed by atoms with Crippen LogP contribution in [0.1, 0.15) is 34.0 Å². The maximum Gasteiger partial charge on any atom is 0.251 e. The normalized spacial score (nSPS) is 12.2. The number of hydrogen-bond acceptors (Lipinski definition) is 3. The van der Waals surface area contributed by atoms with E-state index in [4.69, 9.17) is 4.74 Å². The van der Waals surface area contributed by atoms with E-state index >= 15 is 0 Å². The molecule has 4 nitrogen and oxygen atoms in total. The van der Waals surface area contributed by atoms with Crippen molar-refractivity contribution in [2.45, 2.75) is 26.6 Å². The number of rotatable bonds is 5. The van der Waals surface area contributed by atoms with E-state index in [0.717, 1.165) is 24.4 Å². The van der Waals surface area contributed by atoms with Crippen molar-refractivity contribution in [3.8, 4) is 5.75 Å². The van der Waals surface area contributed by atoms with Crippen LogP contribution in [0.2, 0.25) is 0 Å². The van der Waals surface area contributed by atoms with Crippen LogP contribution in [0.3, 0.4) is 0 Å². The van der Waals surface area contributed by atoms with Crippen LogP contribution in [0.25, 0.3) is 0 Å². The van der Waals surface area contributed by atoms with Gasteiger partial charge in [-0.25, -0.2) is 0 Å². The Balaban J connectivity index is 0.00000192. The average molecular weight is 333 g/mol. The molecule has 0 radical (unpaired) electrons. The van der Waals surface area contributed by atoms with Crippen LogP contribution in [0, 0.1) is 0 Å². The molecule has 23 heavy (non-hydrogen) atoms.